The summed E-state index contributed by atoms with van der Waals surface area (Å²) < 4.78 is 0. The zero-order valence-corrected chi connectivity index (χ0v) is 23.9. The molecule has 0 aromatic heterocycles. The summed E-state index contributed by atoms with van der Waals surface area (Å²) in [6.45, 7) is 8.20. The Morgan fingerprint density at radius 3 is 1.37 bits per heavy atom. The van der Waals surface area contributed by atoms with Crippen molar-refractivity contribution >= 4 is 22.9 Å². The van der Waals surface area contributed by atoms with Crippen LogP contribution in [0.5, 0.6) is 0 Å². The van der Waals surface area contributed by atoms with Crippen molar-refractivity contribution in [2.24, 2.45) is 0 Å². The highest BCUT2D eigenvalue weighted by Crippen LogP contribution is 2.26. The molecule has 0 aliphatic heterocycles. The first-order valence-corrected chi connectivity index (χ1v) is 13.9. The Kier molecular flexibility index (Phi) is 10.7. The van der Waals surface area contributed by atoms with Gasteiger partial charge < -0.3 is 9.80 Å². The van der Waals surface area contributed by atoms with Gasteiger partial charge in [0, 0.05) is 62.5 Å². The van der Waals surface area contributed by atoms with Crippen LogP contribution in [-0.2, 0) is 5.41 Å². The maximum atomic E-state index is 13.2. The normalized spacial score (nSPS) is 11.3. The van der Waals surface area contributed by atoms with Gasteiger partial charge in [-0.05, 0) is 79.1 Å². The van der Waals surface area contributed by atoms with E-state index in [1.807, 2.05) is 54.6 Å². The largest absolute Gasteiger partial charge is 0.375 e. The number of ketones is 2. The van der Waals surface area contributed by atoms with E-state index >= 15 is 0 Å². The van der Waals surface area contributed by atoms with Gasteiger partial charge in [0.1, 0.15) is 0 Å². The Morgan fingerprint density at radius 1 is 0.605 bits per heavy atom. The summed E-state index contributed by atoms with van der Waals surface area (Å²) >= 11 is 0. The molecule has 4 heteroatoms. The number of carbonyl (C=O) groups excluding carboxylic acids is 2. The van der Waals surface area contributed by atoms with Gasteiger partial charge in [0.05, 0.1) is 0 Å². The fourth-order valence-electron chi connectivity index (χ4n) is 4.56. The van der Waals surface area contributed by atoms with Crippen molar-refractivity contribution in [2.75, 3.05) is 37.0 Å². The van der Waals surface area contributed by atoms with Crippen LogP contribution in [0.2, 0.25) is 0 Å². The Labute approximate surface area is 229 Å². The van der Waals surface area contributed by atoms with E-state index in [0.29, 0.717) is 24.0 Å². The lowest BCUT2D eigenvalue weighted by atomic mass is 9.83. The first-order valence-electron chi connectivity index (χ1n) is 13.9. The highest BCUT2D eigenvalue weighted by molar-refractivity contribution is 6.01. The van der Waals surface area contributed by atoms with Crippen molar-refractivity contribution in [3.8, 4) is 0 Å². The number of Topliss-reactive ketones (excluding diaryl/α,β-unsaturated/α-hetero) is 2. The molecule has 4 nitrogen and oxygen atoms in total. The zero-order chi connectivity index (χ0) is 27.5. The highest BCUT2D eigenvalue weighted by Gasteiger charge is 2.20. The Morgan fingerprint density at radius 2 is 1.00 bits per heavy atom. The molecule has 0 spiro atoms. The molecule has 0 bridgehead atoms. The Bertz CT molecular complexity index is 1080. The molecular weight excluding hydrogens is 468 g/mol. The van der Waals surface area contributed by atoms with Crippen molar-refractivity contribution in [1.29, 1.82) is 0 Å². The molecule has 0 aliphatic carbocycles. The maximum Gasteiger partial charge on any atom is 0.162 e. The number of rotatable bonds is 14. The molecule has 0 amide bonds. The number of nitrogens with zero attached hydrogens (tertiary/aromatic N) is 2. The van der Waals surface area contributed by atoms with Gasteiger partial charge in [0.25, 0.3) is 0 Å². The van der Waals surface area contributed by atoms with Crippen LogP contribution in [0.3, 0.4) is 0 Å². The standard InChI is InChI=1S/C34H44N2O2/c1-34(2,3)29-25-27(32(37)20-12-14-22-35(4)30-16-8-6-9-17-30)24-28(26-29)33(38)21-13-15-23-36(5)31-18-10-7-11-19-31/h6-11,16-19,24-26H,12-15,20-23H2,1-5H3. The predicted octanol–water partition coefficient (Wildman–Crippen LogP) is 7.96. The van der Waals surface area contributed by atoms with Crippen molar-refractivity contribution in [3.63, 3.8) is 0 Å². The van der Waals surface area contributed by atoms with Crippen molar-refractivity contribution in [2.45, 2.75) is 64.7 Å². The van der Waals surface area contributed by atoms with E-state index in [0.717, 1.165) is 44.3 Å². The van der Waals surface area contributed by atoms with E-state index in [2.05, 4.69) is 68.9 Å². The number of hydrogen-bond donors (Lipinski definition) is 0. The molecule has 0 radical (unpaired) electrons. The van der Waals surface area contributed by atoms with Gasteiger partial charge in [0.2, 0.25) is 0 Å². The third-order valence-corrected chi connectivity index (χ3v) is 7.13. The molecular formula is C34H44N2O2. The first-order chi connectivity index (χ1) is 18.1. The average Bonchev–Trinajstić information content (AvgIpc) is 2.93. The van der Waals surface area contributed by atoms with Crippen LogP contribution in [0.1, 0.15) is 85.6 Å². The summed E-state index contributed by atoms with van der Waals surface area (Å²) in [5.41, 5.74) is 4.61. The van der Waals surface area contributed by atoms with Gasteiger partial charge in [-0.25, -0.2) is 0 Å². The second-order valence-electron chi connectivity index (χ2n) is 11.3. The summed E-state index contributed by atoms with van der Waals surface area (Å²) in [5, 5.41) is 0. The molecule has 0 saturated heterocycles. The lowest BCUT2D eigenvalue weighted by Gasteiger charge is -2.21. The minimum atomic E-state index is -0.137. The van der Waals surface area contributed by atoms with E-state index in [4.69, 9.17) is 0 Å². The molecule has 0 heterocycles. The Hall–Kier alpha value is -3.40. The molecule has 202 valence electrons. The summed E-state index contributed by atoms with van der Waals surface area (Å²) in [6, 6.07) is 26.4. The number of carbonyl (C=O) groups is 2. The number of unbranched alkanes of at least 4 members (excludes halogenated alkanes) is 2. The molecule has 3 rings (SSSR count). The maximum absolute atomic E-state index is 13.2. The number of anilines is 2. The highest BCUT2D eigenvalue weighted by atomic mass is 16.1. The van der Waals surface area contributed by atoms with E-state index in [1.165, 1.54) is 11.4 Å². The molecule has 0 fully saturated rings. The van der Waals surface area contributed by atoms with Gasteiger partial charge in [-0.2, -0.15) is 0 Å². The molecule has 0 saturated carbocycles. The molecule has 38 heavy (non-hydrogen) atoms. The quantitative estimate of drug-likeness (QED) is 0.162. The van der Waals surface area contributed by atoms with Crippen molar-refractivity contribution in [1.82, 2.24) is 0 Å². The average molecular weight is 513 g/mol. The first kappa shape index (κ1) is 29.2. The molecule has 0 atom stereocenters. The third kappa shape index (κ3) is 8.86. The number of hydrogen-bond acceptors (Lipinski definition) is 4. The lowest BCUT2D eigenvalue weighted by Crippen LogP contribution is -2.19. The summed E-state index contributed by atoms with van der Waals surface area (Å²) in [4.78, 5) is 30.7. The lowest BCUT2D eigenvalue weighted by molar-refractivity contribution is 0.0978. The van der Waals surface area contributed by atoms with E-state index in [9.17, 15) is 9.59 Å². The van der Waals surface area contributed by atoms with Crippen LogP contribution in [0.25, 0.3) is 0 Å². The second-order valence-corrected chi connectivity index (χ2v) is 11.3. The smallest absolute Gasteiger partial charge is 0.162 e. The van der Waals surface area contributed by atoms with E-state index in [-0.39, 0.29) is 17.0 Å². The Balaban J connectivity index is 1.55. The van der Waals surface area contributed by atoms with Crippen LogP contribution in [0.15, 0.2) is 78.9 Å². The van der Waals surface area contributed by atoms with Gasteiger partial charge >= 0.3 is 0 Å². The van der Waals surface area contributed by atoms with Crippen LogP contribution >= 0.6 is 0 Å². The SMILES string of the molecule is CN(CCCCC(=O)c1cc(C(=O)CCCCN(C)c2ccccc2)cc(C(C)(C)C)c1)c1ccccc1. The van der Waals surface area contributed by atoms with Crippen LogP contribution in [0, 0.1) is 0 Å². The molecule has 0 aliphatic rings. The molecule has 0 unspecified atom stereocenters. The zero-order valence-electron chi connectivity index (χ0n) is 23.9. The third-order valence-electron chi connectivity index (χ3n) is 7.13. The molecule has 3 aromatic rings. The van der Waals surface area contributed by atoms with Gasteiger partial charge in [-0.1, -0.05) is 57.2 Å². The number of para-hydroxylation sites is 2. The summed E-state index contributed by atoms with van der Waals surface area (Å²) in [6.07, 6.45) is 4.53. The minimum absolute atomic E-state index is 0.122. The topological polar surface area (TPSA) is 40.6 Å². The monoisotopic (exact) mass is 512 g/mol. The van der Waals surface area contributed by atoms with Crippen LogP contribution in [0.4, 0.5) is 11.4 Å². The van der Waals surface area contributed by atoms with Crippen LogP contribution in [-0.4, -0.2) is 38.8 Å². The van der Waals surface area contributed by atoms with E-state index in [1.54, 1.807) is 0 Å². The van der Waals surface area contributed by atoms with Gasteiger partial charge in [-0.15, -0.1) is 0 Å². The van der Waals surface area contributed by atoms with Crippen molar-refractivity contribution < 1.29 is 9.59 Å². The summed E-state index contributed by atoms with van der Waals surface area (Å²) in [5.74, 6) is 0.244. The minimum Gasteiger partial charge on any atom is -0.375 e. The fraction of sp³-hybridized carbons (Fsp3) is 0.412. The van der Waals surface area contributed by atoms with Crippen LogP contribution < -0.4 is 9.80 Å². The molecule has 0 N–H and O–H groups in total. The van der Waals surface area contributed by atoms with Crippen molar-refractivity contribution in [3.05, 3.63) is 95.6 Å². The number of benzene rings is 3. The van der Waals surface area contributed by atoms with Gasteiger partial charge in [-0.3, -0.25) is 9.59 Å². The predicted molar refractivity (Wildman–Crippen MR) is 161 cm³/mol. The van der Waals surface area contributed by atoms with E-state index < -0.39 is 0 Å². The van der Waals surface area contributed by atoms with Gasteiger partial charge in [0.15, 0.2) is 11.6 Å². The second kappa shape index (κ2) is 13.9. The summed E-state index contributed by atoms with van der Waals surface area (Å²) in [7, 11) is 4.17. The molecule has 3 aromatic carbocycles. The fourth-order valence-corrected chi connectivity index (χ4v) is 4.56.